The summed E-state index contributed by atoms with van der Waals surface area (Å²) in [6.45, 7) is 3.20. The molecule has 0 aliphatic carbocycles. The molecule has 24 heavy (non-hydrogen) atoms. The van der Waals surface area contributed by atoms with E-state index in [0.717, 1.165) is 23.5 Å². The Morgan fingerprint density at radius 2 is 1.92 bits per heavy atom. The van der Waals surface area contributed by atoms with Gasteiger partial charge in [0.15, 0.2) is 0 Å². The van der Waals surface area contributed by atoms with E-state index in [1.165, 1.54) is 5.56 Å². The highest BCUT2D eigenvalue weighted by atomic mass is 16.5. The number of para-hydroxylation sites is 1. The number of rotatable bonds is 9. The molecular formula is C20H25NO3. The van der Waals surface area contributed by atoms with Crippen LogP contribution in [0.5, 0.6) is 11.5 Å². The second-order valence-corrected chi connectivity index (χ2v) is 5.68. The largest absolute Gasteiger partial charge is 0.496 e. The molecule has 0 heterocycles. The van der Waals surface area contributed by atoms with Crippen LogP contribution in [0, 0.1) is 6.92 Å². The second kappa shape index (κ2) is 9.60. The zero-order valence-corrected chi connectivity index (χ0v) is 14.4. The van der Waals surface area contributed by atoms with Crippen molar-refractivity contribution in [2.24, 2.45) is 0 Å². The minimum Gasteiger partial charge on any atom is -0.496 e. The lowest BCUT2D eigenvalue weighted by atomic mass is 10.1. The lowest BCUT2D eigenvalue weighted by Gasteiger charge is -2.10. The van der Waals surface area contributed by atoms with Gasteiger partial charge >= 0.3 is 0 Å². The molecule has 4 heteroatoms. The lowest BCUT2D eigenvalue weighted by Crippen LogP contribution is -2.25. The molecule has 0 atom stereocenters. The second-order valence-electron chi connectivity index (χ2n) is 5.68. The van der Waals surface area contributed by atoms with Crippen LogP contribution in [0.4, 0.5) is 0 Å². The number of amides is 1. The third-order valence-electron chi connectivity index (χ3n) is 3.71. The summed E-state index contributed by atoms with van der Waals surface area (Å²) in [5, 5.41) is 2.95. The Morgan fingerprint density at radius 3 is 2.67 bits per heavy atom. The van der Waals surface area contributed by atoms with E-state index in [0.29, 0.717) is 26.0 Å². The van der Waals surface area contributed by atoms with Crippen LogP contribution in [0.15, 0.2) is 48.5 Å². The van der Waals surface area contributed by atoms with Crippen molar-refractivity contribution in [3.05, 3.63) is 59.7 Å². The fourth-order valence-electron chi connectivity index (χ4n) is 2.47. The molecule has 0 unspecified atom stereocenters. The van der Waals surface area contributed by atoms with E-state index in [1.54, 1.807) is 7.11 Å². The van der Waals surface area contributed by atoms with Crippen molar-refractivity contribution in [2.75, 3.05) is 20.3 Å². The molecule has 2 aromatic carbocycles. The number of benzene rings is 2. The number of methoxy groups -OCH3 is 1. The third-order valence-corrected chi connectivity index (χ3v) is 3.71. The molecule has 0 saturated heterocycles. The van der Waals surface area contributed by atoms with Crippen LogP contribution < -0.4 is 14.8 Å². The van der Waals surface area contributed by atoms with Gasteiger partial charge < -0.3 is 14.8 Å². The molecule has 0 aromatic heterocycles. The first-order valence-corrected chi connectivity index (χ1v) is 8.27. The van der Waals surface area contributed by atoms with Gasteiger partial charge in [0.05, 0.1) is 13.7 Å². The molecule has 1 amide bonds. The van der Waals surface area contributed by atoms with Gasteiger partial charge in [-0.2, -0.15) is 0 Å². The van der Waals surface area contributed by atoms with Crippen molar-refractivity contribution in [1.82, 2.24) is 5.32 Å². The minimum atomic E-state index is 0.0540. The summed E-state index contributed by atoms with van der Waals surface area (Å²) in [7, 11) is 1.67. The van der Waals surface area contributed by atoms with Gasteiger partial charge in [-0.3, -0.25) is 4.79 Å². The van der Waals surface area contributed by atoms with Gasteiger partial charge in [0.1, 0.15) is 11.5 Å². The van der Waals surface area contributed by atoms with Crippen LogP contribution >= 0.6 is 0 Å². The van der Waals surface area contributed by atoms with Crippen LogP contribution in [-0.4, -0.2) is 26.2 Å². The van der Waals surface area contributed by atoms with Gasteiger partial charge in [0, 0.05) is 13.0 Å². The molecule has 0 saturated carbocycles. The number of nitrogens with one attached hydrogen (secondary N) is 1. The Balaban J connectivity index is 1.64. The third kappa shape index (κ3) is 5.95. The number of aryl methyl sites for hydroxylation is 1. The van der Waals surface area contributed by atoms with Crippen LogP contribution in [0.25, 0.3) is 0 Å². The number of hydrogen-bond donors (Lipinski definition) is 1. The van der Waals surface area contributed by atoms with E-state index in [1.807, 2.05) is 49.4 Å². The highest BCUT2D eigenvalue weighted by molar-refractivity contribution is 5.75. The zero-order chi connectivity index (χ0) is 17.2. The highest BCUT2D eigenvalue weighted by Gasteiger charge is 2.05. The van der Waals surface area contributed by atoms with E-state index in [9.17, 15) is 4.79 Å². The quantitative estimate of drug-likeness (QED) is 0.717. The number of carbonyl (C=O) groups excluding carboxylic acids is 1. The van der Waals surface area contributed by atoms with Crippen LogP contribution in [0.3, 0.4) is 0 Å². The smallest absolute Gasteiger partial charge is 0.220 e. The molecule has 2 aromatic rings. The minimum absolute atomic E-state index is 0.0540. The maximum atomic E-state index is 11.9. The summed E-state index contributed by atoms with van der Waals surface area (Å²) in [6.07, 6.45) is 1.93. The average Bonchev–Trinajstić information content (AvgIpc) is 2.60. The van der Waals surface area contributed by atoms with E-state index < -0.39 is 0 Å². The summed E-state index contributed by atoms with van der Waals surface area (Å²) < 4.78 is 10.9. The molecule has 0 bridgehead atoms. The molecule has 2 rings (SSSR count). The van der Waals surface area contributed by atoms with Crippen molar-refractivity contribution >= 4 is 5.91 Å². The van der Waals surface area contributed by atoms with Crippen molar-refractivity contribution in [2.45, 2.75) is 26.2 Å². The van der Waals surface area contributed by atoms with Crippen LogP contribution in [-0.2, 0) is 11.2 Å². The first-order valence-electron chi connectivity index (χ1n) is 8.27. The molecule has 0 fully saturated rings. The number of ether oxygens (including phenoxy) is 2. The maximum Gasteiger partial charge on any atom is 0.220 e. The summed E-state index contributed by atoms with van der Waals surface area (Å²) >= 11 is 0. The predicted molar refractivity (Wildman–Crippen MR) is 95.6 cm³/mol. The molecule has 0 spiro atoms. The van der Waals surface area contributed by atoms with Crippen molar-refractivity contribution in [3.63, 3.8) is 0 Å². The molecule has 1 N–H and O–H groups in total. The summed E-state index contributed by atoms with van der Waals surface area (Å²) in [6, 6.07) is 15.7. The number of carbonyl (C=O) groups is 1. The standard InChI is InChI=1S/C20H25NO3/c1-16-10-11-19(23-2)17(15-16)12-13-21-20(22)9-6-14-24-18-7-4-3-5-8-18/h3-5,7-8,10-11,15H,6,9,12-14H2,1-2H3,(H,21,22). The summed E-state index contributed by atoms with van der Waals surface area (Å²) in [5.74, 6) is 1.76. The Bertz CT molecular complexity index is 641. The van der Waals surface area contributed by atoms with Gasteiger partial charge in [-0.15, -0.1) is 0 Å². The Kier molecular flexibility index (Phi) is 7.15. The maximum absolute atomic E-state index is 11.9. The van der Waals surface area contributed by atoms with Gasteiger partial charge in [0.2, 0.25) is 5.91 Å². The molecule has 0 radical (unpaired) electrons. The topological polar surface area (TPSA) is 47.6 Å². The Hall–Kier alpha value is -2.49. The number of hydrogen-bond acceptors (Lipinski definition) is 3. The lowest BCUT2D eigenvalue weighted by molar-refractivity contribution is -0.121. The van der Waals surface area contributed by atoms with Gasteiger partial charge in [-0.25, -0.2) is 0 Å². The van der Waals surface area contributed by atoms with Crippen molar-refractivity contribution in [1.29, 1.82) is 0 Å². The average molecular weight is 327 g/mol. The molecular weight excluding hydrogens is 302 g/mol. The fraction of sp³-hybridized carbons (Fsp3) is 0.350. The zero-order valence-electron chi connectivity index (χ0n) is 14.4. The van der Waals surface area contributed by atoms with Gasteiger partial charge in [-0.1, -0.05) is 35.9 Å². The van der Waals surface area contributed by atoms with Crippen LogP contribution in [0.2, 0.25) is 0 Å². The molecule has 4 nitrogen and oxygen atoms in total. The molecule has 0 aliphatic heterocycles. The summed E-state index contributed by atoms with van der Waals surface area (Å²) in [4.78, 5) is 11.9. The van der Waals surface area contributed by atoms with Crippen LogP contribution in [0.1, 0.15) is 24.0 Å². The monoisotopic (exact) mass is 327 g/mol. The van der Waals surface area contributed by atoms with Crippen molar-refractivity contribution < 1.29 is 14.3 Å². The predicted octanol–water partition coefficient (Wildman–Crippen LogP) is 3.52. The van der Waals surface area contributed by atoms with E-state index in [4.69, 9.17) is 9.47 Å². The van der Waals surface area contributed by atoms with Gasteiger partial charge in [0.25, 0.3) is 0 Å². The summed E-state index contributed by atoms with van der Waals surface area (Å²) in [5.41, 5.74) is 2.31. The molecule has 0 aliphatic rings. The van der Waals surface area contributed by atoms with Gasteiger partial charge in [-0.05, 0) is 43.5 Å². The van der Waals surface area contributed by atoms with E-state index in [2.05, 4.69) is 11.4 Å². The van der Waals surface area contributed by atoms with Crippen molar-refractivity contribution in [3.8, 4) is 11.5 Å². The highest BCUT2D eigenvalue weighted by Crippen LogP contribution is 2.19. The van der Waals surface area contributed by atoms with E-state index >= 15 is 0 Å². The normalized spacial score (nSPS) is 10.2. The first-order chi connectivity index (χ1) is 11.7. The Morgan fingerprint density at radius 1 is 1.12 bits per heavy atom. The SMILES string of the molecule is COc1ccc(C)cc1CCNC(=O)CCCOc1ccccc1. The Labute approximate surface area is 143 Å². The first kappa shape index (κ1) is 17.9. The molecule has 128 valence electrons. The van der Waals surface area contributed by atoms with E-state index in [-0.39, 0.29) is 5.91 Å². The fourth-order valence-corrected chi connectivity index (χ4v) is 2.47.